The first-order valence-electron chi connectivity index (χ1n) is 8.11. The van der Waals surface area contributed by atoms with Gasteiger partial charge in [-0.25, -0.2) is 0 Å². The van der Waals surface area contributed by atoms with Gasteiger partial charge in [-0.15, -0.1) is 10.2 Å². The van der Waals surface area contributed by atoms with E-state index in [-0.39, 0.29) is 5.54 Å². The minimum absolute atomic E-state index is 0.187. The molecular weight excluding hydrogens is 264 g/mol. The van der Waals surface area contributed by atoms with E-state index in [1.165, 1.54) is 25.7 Å². The van der Waals surface area contributed by atoms with Crippen LogP contribution in [0.4, 0.5) is 0 Å². The Labute approximate surface area is 128 Å². The predicted octanol–water partition coefficient (Wildman–Crippen LogP) is 1.24. The van der Waals surface area contributed by atoms with Crippen molar-refractivity contribution in [2.45, 2.75) is 57.5 Å². The largest absolute Gasteiger partial charge is 0.312 e. The van der Waals surface area contributed by atoms with Crippen LogP contribution in [-0.2, 0) is 13.5 Å². The van der Waals surface area contributed by atoms with Crippen LogP contribution in [0.1, 0.15) is 45.4 Å². The molecule has 21 heavy (non-hydrogen) atoms. The van der Waals surface area contributed by atoms with Crippen LogP contribution >= 0.6 is 0 Å². The molecule has 0 saturated heterocycles. The molecule has 1 fully saturated rings. The average Bonchev–Trinajstić information content (AvgIpc) is 2.83. The first kappa shape index (κ1) is 16.4. The highest BCUT2D eigenvalue weighted by molar-refractivity contribution is 5.05. The fraction of sp³-hybridized carbons (Fsp3) is 0.933. The SMILES string of the molecule is CCNC(Cc1nnn(C)n1)C1(N(C)C)CCCC(C)C1. The Morgan fingerprint density at radius 1 is 1.48 bits per heavy atom. The molecule has 1 N–H and O–H groups in total. The van der Waals surface area contributed by atoms with Gasteiger partial charge in [0.15, 0.2) is 5.82 Å². The van der Waals surface area contributed by atoms with Gasteiger partial charge in [0.05, 0.1) is 7.05 Å². The summed E-state index contributed by atoms with van der Waals surface area (Å²) in [4.78, 5) is 3.97. The highest BCUT2D eigenvalue weighted by atomic mass is 15.6. The van der Waals surface area contributed by atoms with Gasteiger partial charge in [-0.2, -0.15) is 4.80 Å². The van der Waals surface area contributed by atoms with Crippen LogP contribution in [0.2, 0.25) is 0 Å². The quantitative estimate of drug-likeness (QED) is 0.855. The van der Waals surface area contributed by atoms with Gasteiger partial charge >= 0.3 is 0 Å². The van der Waals surface area contributed by atoms with E-state index in [4.69, 9.17) is 0 Å². The fourth-order valence-electron chi connectivity index (χ4n) is 3.88. The summed E-state index contributed by atoms with van der Waals surface area (Å²) in [6.45, 7) is 5.52. The van der Waals surface area contributed by atoms with Crippen molar-refractivity contribution in [3.05, 3.63) is 5.82 Å². The van der Waals surface area contributed by atoms with Crippen LogP contribution < -0.4 is 5.32 Å². The summed E-state index contributed by atoms with van der Waals surface area (Å²) in [5.74, 6) is 1.61. The van der Waals surface area contributed by atoms with Gasteiger partial charge in [0.1, 0.15) is 0 Å². The van der Waals surface area contributed by atoms with E-state index in [1.807, 2.05) is 7.05 Å². The van der Waals surface area contributed by atoms with Gasteiger partial charge in [0, 0.05) is 18.0 Å². The summed E-state index contributed by atoms with van der Waals surface area (Å²) in [6.07, 6.45) is 5.96. The third-order valence-electron chi connectivity index (χ3n) is 4.93. The monoisotopic (exact) mass is 294 g/mol. The van der Waals surface area contributed by atoms with E-state index in [0.29, 0.717) is 6.04 Å². The maximum atomic E-state index is 4.37. The van der Waals surface area contributed by atoms with Crippen LogP contribution in [0, 0.1) is 5.92 Å². The van der Waals surface area contributed by atoms with Crippen molar-refractivity contribution < 1.29 is 0 Å². The Morgan fingerprint density at radius 2 is 2.24 bits per heavy atom. The fourth-order valence-corrected chi connectivity index (χ4v) is 3.88. The molecule has 1 aromatic rings. The molecule has 1 aromatic heterocycles. The minimum atomic E-state index is 0.187. The van der Waals surface area contributed by atoms with Gasteiger partial charge in [-0.3, -0.25) is 0 Å². The molecule has 0 aliphatic heterocycles. The molecule has 1 saturated carbocycles. The standard InChI is InChI=1S/C15H30N6/c1-6-16-13(10-14-17-19-21(5)18-14)15(20(3)4)9-7-8-12(2)11-15/h12-13,16H,6-11H2,1-5H3. The van der Waals surface area contributed by atoms with E-state index < -0.39 is 0 Å². The summed E-state index contributed by atoms with van der Waals surface area (Å²) in [5.41, 5.74) is 0.187. The highest BCUT2D eigenvalue weighted by Crippen LogP contribution is 2.38. The van der Waals surface area contributed by atoms with Gasteiger partial charge in [0.25, 0.3) is 0 Å². The number of hydrogen-bond donors (Lipinski definition) is 1. The number of rotatable bonds is 6. The maximum Gasteiger partial charge on any atom is 0.176 e. The molecule has 1 aliphatic rings. The molecule has 0 bridgehead atoms. The van der Waals surface area contributed by atoms with Gasteiger partial charge in [0.2, 0.25) is 0 Å². The van der Waals surface area contributed by atoms with Gasteiger partial charge in [-0.1, -0.05) is 26.7 Å². The topological polar surface area (TPSA) is 58.9 Å². The number of aryl methyl sites for hydroxylation is 1. The second-order valence-corrected chi connectivity index (χ2v) is 6.71. The normalized spacial score (nSPS) is 28.0. The predicted molar refractivity (Wildman–Crippen MR) is 84.0 cm³/mol. The molecule has 0 aromatic carbocycles. The average molecular weight is 294 g/mol. The number of tetrazole rings is 1. The van der Waals surface area contributed by atoms with Crippen molar-refractivity contribution in [2.75, 3.05) is 20.6 Å². The lowest BCUT2D eigenvalue weighted by atomic mass is 9.70. The maximum absolute atomic E-state index is 4.37. The summed E-state index contributed by atoms with van der Waals surface area (Å²) < 4.78 is 0. The van der Waals surface area contributed by atoms with Crippen molar-refractivity contribution in [3.8, 4) is 0 Å². The van der Waals surface area contributed by atoms with Crippen LogP contribution in [0.15, 0.2) is 0 Å². The second kappa shape index (κ2) is 6.83. The first-order valence-corrected chi connectivity index (χ1v) is 8.11. The van der Waals surface area contributed by atoms with E-state index in [9.17, 15) is 0 Å². The zero-order chi connectivity index (χ0) is 15.5. The molecule has 0 amide bonds. The lowest BCUT2D eigenvalue weighted by Crippen LogP contribution is -2.61. The first-order chi connectivity index (χ1) is 9.98. The molecule has 6 heteroatoms. The molecule has 0 spiro atoms. The van der Waals surface area contributed by atoms with E-state index in [2.05, 4.69) is 53.6 Å². The van der Waals surface area contributed by atoms with Crippen molar-refractivity contribution >= 4 is 0 Å². The zero-order valence-corrected chi connectivity index (χ0v) is 14.1. The summed E-state index contributed by atoms with van der Waals surface area (Å²) >= 11 is 0. The van der Waals surface area contributed by atoms with Crippen molar-refractivity contribution in [2.24, 2.45) is 13.0 Å². The Balaban J connectivity index is 2.23. The molecule has 3 unspecified atom stereocenters. The molecule has 6 nitrogen and oxygen atoms in total. The van der Waals surface area contributed by atoms with Crippen LogP contribution in [0.5, 0.6) is 0 Å². The Kier molecular flexibility index (Phi) is 5.32. The number of aromatic nitrogens is 4. The number of nitrogens with one attached hydrogen (secondary N) is 1. The third kappa shape index (κ3) is 3.61. The molecule has 120 valence electrons. The zero-order valence-electron chi connectivity index (χ0n) is 14.1. The van der Waals surface area contributed by atoms with E-state index in [0.717, 1.165) is 24.7 Å². The highest BCUT2D eigenvalue weighted by Gasteiger charge is 2.43. The van der Waals surface area contributed by atoms with Crippen LogP contribution in [0.3, 0.4) is 0 Å². The van der Waals surface area contributed by atoms with Crippen molar-refractivity contribution in [3.63, 3.8) is 0 Å². The lowest BCUT2D eigenvalue weighted by Gasteiger charge is -2.50. The Hall–Kier alpha value is -1.01. The number of hydrogen-bond acceptors (Lipinski definition) is 5. The lowest BCUT2D eigenvalue weighted by molar-refractivity contribution is 0.0372. The Morgan fingerprint density at radius 3 is 2.76 bits per heavy atom. The molecule has 1 heterocycles. The van der Waals surface area contributed by atoms with Gasteiger partial charge < -0.3 is 10.2 Å². The second-order valence-electron chi connectivity index (χ2n) is 6.71. The molecular formula is C15H30N6. The van der Waals surface area contributed by atoms with Crippen LogP contribution in [-0.4, -0.2) is 57.3 Å². The molecule has 2 rings (SSSR count). The third-order valence-corrected chi connectivity index (χ3v) is 4.93. The van der Waals surface area contributed by atoms with E-state index >= 15 is 0 Å². The van der Waals surface area contributed by atoms with E-state index in [1.54, 1.807) is 4.80 Å². The smallest absolute Gasteiger partial charge is 0.176 e. The minimum Gasteiger partial charge on any atom is -0.312 e. The Bertz CT molecular complexity index is 443. The summed E-state index contributed by atoms with van der Waals surface area (Å²) in [7, 11) is 6.25. The number of nitrogens with zero attached hydrogens (tertiary/aromatic N) is 5. The molecule has 1 aliphatic carbocycles. The van der Waals surface area contributed by atoms with Crippen molar-refractivity contribution in [1.82, 2.24) is 30.4 Å². The van der Waals surface area contributed by atoms with Gasteiger partial charge in [-0.05, 0) is 44.6 Å². The molecule has 3 atom stereocenters. The number of likely N-dealkylation sites (N-methyl/N-ethyl adjacent to an activating group) is 2. The summed E-state index contributed by atoms with van der Waals surface area (Å²) in [5, 5.41) is 16.2. The molecule has 0 radical (unpaired) electrons. The summed E-state index contributed by atoms with van der Waals surface area (Å²) in [6, 6.07) is 0.365. The van der Waals surface area contributed by atoms with Crippen molar-refractivity contribution in [1.29, 1.82) is 0 Å². The van der Waals surface area contributed by atoms with Crippen LogP contribution in [0.25, 0.3) is 0 Å².